The zero-order valence-electron chi connectivity index (χ0n) is 44.4. The molecule has 1 heterocycles. The number of hydrogen-bond acceptors (Lipinski definition) is 8. The topological polar surface area (TPSA) is 149 Å². The third kappa shape index (κ3) is 38.1. The summed E-state index contributed by atoms with van der Waals surface area (Å²) in [7, 11) is 0. The Labute approximate surface area is 419 Å². The molecule has 7 atom stereocenters. The Kier molecular flexibility index (Phi) is 46.4. The van der Waals surface area contributed by atoms with Crippen LogP contribution in [0.1, 0.15) is 277 Å². The van der Waals surface area contributed by atoms with Crippen molar-refractivity contribution in [2.45, 2.75) is 320 Å². The minimum Gasteiger partial charge on any atom is -0.394 e. The van der Waals surface area contributed by atoms with Crippen LogP contribution in [0.15, 0.2) is 36.5 Å². The van der Waals surface area contributed by atoms with Crippen LogP contribution in [0.4, 0.5) is 0 Å². The molecule has 1 amide bonds. The fraction of sp³-hybridized carbons (Fsp3) is 0.881. The second kappa shape index (κ2) is 49.0. The highest BCUT2D eigenvalue weighted by molar-refractivity contribution is 5.76. The standard InChI is InChI=1S/C59H111NO8/c1-3-5-7-9-11-13-15-17-19-21-23-25-27-29-31-33-35-37-39-41-43-45-47-49-55(63)60-52(51-67-59-58(66)57(65)56(64)54(50-61)68-59)53(62)48-46-44-42-40-38-36-34-32-30-28-26-24-22-20-18-16-14-12-10-8-6-4-2/h15,17,21,23,46,48,52-54,56-59,61-62,64-66H,3-14,16,18-20,22,24-45,47,49-51H2,1-2H3,(H,60,63)/b17-15-,23-21-,48-46+. The molecule has 0 aromatic rings. The number of nitrogens with one attached hydrogen (secondary N) is 1. The van der Waals surface area contributed by atoms with Crippen LogP contribution in [0.2, 0.25) is 0 Å². The van der Waals surface area contributed by atoms with Crippen molar-refractivity contribution in [3.8, 4) is 0 Å². The summed E-state index contributed by atoms with van der Waals surface area (Å²) in [6, 6.07) is -0.806. The van der Waals surface area contributed by atoms with Gasteiger partial charge in [-0.15, -0.1) is 0 Å². The third-order valence-electron chi connectivity index (χ3n) is 14.0. The number of carbonyl (C=O) groups is 1. The van der Waals surface area contributed by atoms with Crippen LogP contribution < -0.4 is 5.32 Å². The zero-order chi connectivity index (χ0) is 49.4. The van der Waals surface area contributed by atoms with Crippen LogP contribution in [0.5, 0.6) is 0 Å². The van der Waals surface area contributed by atoms with E-state index >= 15 is 0 Å². The largest absolute Gasteiger partial charge is 0.394 e. The molecule has 1 aliphatic rings. The van der Waals surface area contributed by atoms with Crippen molar-refractivity contribution in [1.82, 2.24) is 5.32 Å². The van der Waals surface area contributed by atoms with E-state index < -0.39 is 49.5 Å². The number of unbranched alkanes of at least 4 members (excludes halogenated alkanes) is 36. The minimum absolute atomic E-state index is 0.176. The molecular weight excluding hydrogens is 851 g/mol. The van der Waals surface area contributed by atoms with Gasteiger partial charge in [0.25, 0.3) is 0 Å². The minimum atomic E-state index is -1.57. The maximum Gasteiger partial charge on any atom is 0.220 e. The van der Waals surface area contributed by atoms with Crippen LogP contribution in [0.25, 0.3) is 0 Å². The lowest BCUT2D eigenvalue weighted by atomic mass is 9.99. The van der Waals surface area contributed by atoms with E-state index in [1.54, 1.807) is 6.08 Å². The predicted molar refractivity (Wildman–Crippen MR) is 286 cm³/mol. The Balaban J connectivity index is 2.23. The van der Waals surface area contributed by atoms with Gasteiger partial charge < -0.3 is 40.3 Å². The van der Waals surface area contributed by atoms with E-state index in [4.69, 9.17) is 9.47 Å². The molecule has 6 N–H and O–H groups in total. The molecule has 0 aromatic carbocycles. The molecule has 0 spiro atoms. The lowest BCUT2D eigenvalue weighted by Gasteiger charge is -2.40. The van der Waals surface area contributed by atoms with Gasteiger partial charge in [0.15, 0.2) is 6.29 Å². The lowest BCUT2D eigenvalue weighted by molar-refractivity contribution is -0.302. The number of ether oxygens (including phenoxy) is 2. The summed E-state index contributed by atoms with van der Waals surface area (Å²) < 4.78 is 11.3. The zero-order valence-corrected chi connectivity index (χ0v) is 44.4. The average Bonchev–Trinajstić information content (AvgIpc) is 3.34. The Morgan fingerprint density at radius 2 is 0.868 bits per heavy atom. The van der Waals surface area contributed by atoms with Gasteiger partial charge in [-0.1, -0.05) is 256 Å². The summed E-state index contributed by atoms with van der Waals surface area (Å²) in [6.45, 7) is 3.80. The Morgan fingerprint density at radius 3 is 1.26 bits per heavy atom. The molecular formula is C59H111NO8. The Hall–Kier alpha value is -1.59. The molecule has 1 rings (SSSR count). The quantitative estimate of drug-likeness (QED) is 0.0261. The van der Waals surface area contributed by atoms with Crippen LogP contribution in [-0.4, -0.2) is 87.5 Å². The van der Waals surface area contributed by atoms with Crippen LogP contribution in [-0.2, 0) is 14.3 Å². The Bertz CT molecular complexity index is 1160. The van der Waals surface area contributed by atoms with E-state index in [1.165, 1.54) is 212 Å². The molecule has 400 valence electrons. The van der Waals surface area contributed by atoms with Gasteiger partial charge in [0.1, 0.15) is 24.4 Å². The second-order valence-electron chi connectivity index (χ2n) is 20.4. The number of rotatable bonds is 50. The van der Waals surface area contributed by atoms with E-state index in [9.17, 15) is 30.3 Å². The molecule has 1 aliphatic heterocycles. The maximum atomic E-state index is 13.1. The molecule has 68 heavy (non-hydrogen) atoms. The molecule has 0 aliphatic carbocycles. The number of hydrogen-bond donors (Lipinski definition) is 6. The third-order valence-corrected chi connectivity index (χ3v) is 14.0. The number of amides is 1. The summed E-state index contributed by atoms with van der Waals surface area (Å²) >= 11 is 0. The maximum absolute atomic E-state index is 13.1. The predicted octanol–water partition coefficient (Wildman–Crippen LogP) is 14.4. The van der Waals surface area contributed by atoms with Gasteiger partial charge in [0, 0.05) is 6.42 Å². The summed E-state index contributed by atoms with van der Waals surface area (Å²) in [5.74, 6) is -0.176. The fourth-order valence-electron chi connectivity index (χ4n) is 9.31. The first-order chi connectivity index (χ1) is 33.3. The van der Waals surface area contributed by atoms with Gasteiger partial charge in [-0.25, -0.2) is 0 Å². The highest BCUT2D eigenvalue weighted by atomic mass is 16.7. The number of carbonyl (C=O) groups excluding carboxylic acids is 1. The van der Waals surface area contributed by atoms with E-state index in [-0.39, 0.29) is 12.5 Å². The summed E-state index contributed by atoms with van der Waals surface area (Å²) in [5, 5.41) is 54.5. The summed E-state index contributed by atoms with van der Waals surface area (Å²) in [6.07, 6.45) is 56.3. The number of allylic oxidation sites excluding steroid dienone is 5. The van der Waals surface area contributed by atoms with Crippen LogP contribution >= 0.6 is 0 Å². The van der Waals surface area contributed by atoms with Crippen molar-refractivity contribution >= 4 is 5.91 Å². The lowest BCUT2D eigenvalue weighted by Crippen LogP contribution is -2.60. The van der Waals surface area contributed by atoms with Crippen molar-refractivity contribution in [1.29, 1.82) is 0 Å². The van der Waals surface area contributed by atoms with Crippen LogP contribution in [0.3, 0.4) is 0 Å². The molecule has 1 fully saturated rings. The SMILES string of the molecule is CCCCCCC/C=C\C/C=C\CCCCCCCCCCCCCC(=O)NC(COC1OC(CO)C(O)C(O)C1O)C(O)/C=C/CCCCCCCCCCCCCCCCCCCCCC. The van der Waals surface area contributed by atoms with Gasteiger partial charge in [-0.2, -0.15) is 0 Å². The van der Waals surface area contributed by atoms with Crippen molar-refractivity contribution in [3.05, 3.63) is 36.5 Å². The molecule has 0 aromatic heterocycles. The fourth-order valence-corrected chi connectivity index (χ4v) is 9.31. The normalized spacial score (nSPS) is 19.8. The summed E-state index contributed by atoms with van der Waals surface area (Å²) in [4.78, 5) is 13.1. The van der Waals surface area contributed by atoms with Gasteiger partial charge in [0.05, 0.1) is 25.4 Å². The first kappa shape index (κ1) is 64.4. The number of aliphatic hydroxyl groups excluding tert-OH is 5. The van der Waals surface area contributed by atoms with Crippen molar-refractivity contribution in [3.63, 3.8) is 0 Å². The molecule has 0 bridgehead atoms. The molecule has 7 unspecified atom stereocenters. The first-order valence-electron chi connectivity index (χ1n) is 29.2. The molecule has 0 saturated carbocycles. The van der Waals surface area contributed by atoms with E-state index in [2.05, 4.69) is 43.5 Å². The van der Waals surface area contributed by atoms with Crippen molar-refractivity contribution in [2.75, 3.05) is 13.2 Å². The van der Waals surface area contributed by atoms with E-state index in [0.29, 0.717) is 6.42 Å². The molecule has 0 radical (unpaired) electrons. The Morgan fingerprint density at radius 1 is 0.500 bits per heavy atom. The molecule has 9 heteroatoms. The highest BCUT2D eigenvalue weighted by Gasteiger charge is 2.44. The second-order valence-corrected chi connectivity index (χ2v) is 20.4. The van der Waals surface area contributed by atoms with E-state index in [0.717, 1.165) is 44.9 Å². The van der Waals surface area contributed by atoms with Gasteiger partial charge in [-0.3, -0.25) is 4.79 Å². The van der Waals surface area contributed by atoms with E-state index in [1.807, 2.05) is 6.08 Å². The van der Waals surface area contributed by atoms with Gasteiger partial charge in [-0.05, 0) is 51.4 Å². The molecule has 1 saturated heterocycles. The van der Waals surface area contributed by atoms with Crippen LogP contribution in [0, 0.1) is 0 Å². The van der Waals surface area contributed by atoms with Crippen molar-refractivity contribution < 1.29 is 39.8 Å². The average molecular weight is 963 g/mol. The highest BCUT2D eigenvalue weighted by Crippen LogP contribution is 2.23. The van der Waals surface area contributed by atoms with Gasteiger partial charge >= 0.3 is 0 Å². The summed E-state index contributed by atoms with van der Waals surface area (Å²) in [5.41, 5.74) is 0. The smallest absolute Gasteiger partial charge is 0.220 e. The number of aliphatic hydroxyl groups is 5. The first-order valence-corrected chi connectivity index (χ1v) is 29.2. The van der Waals surface area contributed by atoms with Crippen molar-refractivity contribution in [2.24, 2.45) is 0 Å². The van der Waals surface area contributed by atoms with Gasteiger partial charge in [0.2, 0.25) is 5.91 Å². The monoisotopic (exact) mass is 962 g/mol. The molecule has 9 nitrogen and oxygen atoms in total.